The van der Waals surface area contributed by atoms with Gasteiger partial charge in [-0.2, -0.15) is 5.26 Å². The molecule has 1 N–H and O–H groups in total. The summed E-state index contributed by atoms with van der Waals surface area (Å²) in [6.07, 6.45) is 4.04. The van der Waals surface area contributed by atoms with Crippen LogP contribution in [0.2, 0.25) is 0 Å². The van der Waals surface area contributed by atoms with Crippen molar-refractivity contribution in [1.82, 2.24) is 5.32 Å². The van der Waals surface area contributed by atoms with Crippen molar-refractivity contribution in [2.45, 2.75) is 32.2 Å². The van der Waals surface area contributed by atoms with E-state index in [2.05, 4.69) is 18.3 Å². The zero-order valence-electron chi connectivity index (χ0n) is 11.1. The molecule has 98 valence electrons. The summed E-state index contributed by atoms with van der Waals surface area (Å²) in [5.41, 5.74) is 1.22. The van der Waals surface area contributed by atoms with Crippen molar-refractivity contribution in [2.75, 3.05) is 0 Å². The van der Waals surface area contributed by atoms with E-state index in [1.165, 1.54) is 19.3 Å². The third-order valence-electron chi connectivity index (χ3n) is 4.69. The Morgan fingerprint density at radius 2 is 1.95 bits per heavy atom. The Balaban J connectivity index is 1.60. The number of carbonyl (C=O) groups is 1. The maximum Gasteiger partial charge on any atom is 0.251 e. The second-order valence-corrected chi connectivity index (χ2v) is 5.79. The number of fused-ring (bicyclic) bond motifs is 1. The van der Waals surface area contributed by atoms with Crippen LogP contribution in [-0.2, 0) is 0 Å². The molecule has 0 saturated heterocycles. The molecule has 1 aromatic rings. The molecule has 0 spiro atoms. The van der Waals surface area contributed by atoms with Gasteiger partial charge in [0.05, 0.1) is 11.6 Å². The normalized spacial score (nSPS) is 29.2. The predicted molar refractivity (Wildman–Crippen MR) is 72.4 cm³/mol. The molecule has 0 bridgehead atoms. The number of nitrogens with zero attached hydrogens (tertiary/aromatic N) is 1. The monoisotopic (exact) mass is 254 g/mol. The molecule has 0 aromatic heterocycles. The quantitative estimate of drug-likeness (QED) is 0.901. The fourth-order valence-electron chi connectivity index (χ4n) is 3.70. The summed E-state index contributed by atoms with van der Waals surface area (Å²) < 4.78 is 0. The van der Waals surface area contributed by atoms with Crippen LogP contribution in [0.15, 0.2) is 24.3 Å². The third kappa shape index (κ3) is 2.23. The van der Waals surface area contributed by atoms with E-state index < -0.39 is 0 Å². The van der Waals surface area contributed by atoms with Gasteiger partial charge in [0.15, 0.2) is 0 Å². The summed E-state index contributed by atoms with van der Waals surface area (Å²) in [6, 6.07) is 9.12. The van der Waals surface area contributed by atoms with Gasteiger partial charge in [0.2, 0.25) is 0 Å². The lowest BCUT2D eigenvalue weighted by Gasteiger charge is -2.15. The maximum absolute atomic E-state index is 12.1. The molecular formula is C16H18N2O. The van der Waals surface area contributed by atoms with E-state index in [-0.39, 0.29) is 11.9 Å². The van der Waals surface area contributed by atoms with Gasteiger partial charge in [0.25, 0.3) is 5.91 Å². The van der Waals surface area contributed by atoms with Crippen LogP contribution in [0.4, 0.5) is 0 Å². The highest BCUT2D eigenvalue weighted by Crippen LogP contribution is 2.58. The fourth-order valence-corrected chi connectivity index (χ4v) is 3.70. The van der Waals surface area contributed by atoms with Gasteiger partial charge in [-0.05, 0) is 61.8 Å². The summed E-state index contributed by atoms with van der Waals surface area (Å²) in [5, 5.41) is 11.8. The SMILES string of the molecule is C[C@@H](NC(=O)c1ccc(C#N)cc1)[C@H]1C2CCC[C@@H]21. The fraction of sp³-hybridized carbons (Fsp3) is 0.500. The highest BCUT2D eigenvalue weighted by Gasteiger charge is 2.54. The Labute approximate surface area is 113 Å². The molecule has 0 aliphatic heterocycles. The largest absolute Gasteiger partial charge is 0.349 e. The average molecular weight is 254 g/mol. The van der Waals surface area contributed by atoms with Crippen molar-refractivity contribution >= 4 is 5.91 Å². The highest BCUT2D eigenvalue weighted by atomic mass is 16.1. The van der Waals surface area contributed by atoms with Gasteiger partial charge < -0.3 is 5.32 Å². The first kappa shape index (κ1) is 12.2. The molecule has 19 heavy (non-hydrogen) atoms. The molecular weight excluding hydrogens is 236 g/mol. The van der Waals surface area contributed by atoms with Crippen molar-refractivity contribution in [3.05, 3.63) is 35.4 Å². The van der Waals surface area contributed by atoms with Crippen LogP contribution in [-0.4, -0.2) is 11.9 Å². The topological polar surface area (TPSA) is 52.9 Å². The number of rotatable bonds is 3. The van der Waals surface area contributed by atoms with Crippen LogP contribution in [0.5, 0.6) is 0 Å². The summed E-state index contributed by atoms with van der Waals surface area (Å²) in [5.74, 6) is 2.38. The first-order valence-corrected chi connectivity index (χ1v) is 7.01. The van der Waals surface area contributed by atoms with E-state index in [9.17, 15) is 4.79 Å². The van der Waals surface area contributed by atoms with Crippen molar-refractivity contribution in [3.63, 3.8) is 0 Å². The lowest BCUT2D eigenvalue weighted by molar-refractivity contribution is 0.0933. The van der Waals surface area contributed by atoms with Crippen molar-refractivity contribution in [1.29, 1.82) is 5.26 Å². The molecule has 2 aliphatic rings. The highest BCUT2D eigenvalue weighted by molar-refractivity contribution is 5.94. The Kier molecular flexibility index (Phi) is 3.02. The number of nitrogens with one attached hydrogen (secondary N) is 1. The van der Waals surface area contributed by atoms with Crippen molar-refractivity contribution in [3.8, 4) is 6.07 Å². The number of amides is 1. The molecule has 4 atom stereocenters. The van der Waals surface area contributed by atoms with Gasteiger partial charge in [-0.1, -0.05) is 6.42 Å². The average Bonchev–Trinajstić information content (AvgIpc) is 2.92. The summed E-state index contributed by atoms with van der Waals surface area (Å²) in [4.78, 5) is 12.1. The molecule has 2 saturated carbocycles. The zero-order valence-corrected chi connectivity index (χ0v) is 11.1. The Morgan fingerprint density at radius 1 is 1.32 bits per heavy atom. The summed E-state index contributed by atoms with van der Waals surface area (Å²) >= 11 is 0. The van der Waals surface area contributed by atoms with E-state index in [0.29, 0.717) is 17.0 Å². The molecule has 2 fully saturated rings. The maximum atomic E-state index is 12.1. The van der Waals surface area contributed by atoms with Crippen LogP contribution in [0.1, 0.15) is 42.1 Å². The third-order valence-corrected chi connectivity index (χ3v) is 4.69. The summed E-state index contributed by atoms with van der Waals surface area (Å²) in [7, 11) is 0. The van der Waals surface area contributed by atoms with Crippen LogP contribution >= 0.6 is 0 Å². The van der Waals surface area contributed by atoms with Crippen LogP contribution < -0.4 is 5.32 Å². The van der Waals surface area contributed by atoms with E-state index in [1.807, 2.05) is 0 Å². The van der Waals surface area contributed by atoms with Gasteiger partial charge >= 0.3 is 0 Å². The first-order chi connectivity index (χ1) is 9.20. The van der Waals surface area contributed by atoms with Gasteiger partial charge in [-0.25, -0.2) is 0 Å². The molecule has 1 aromatic carbocycles. The lowest BCUT2D eigenvalue weighted by atomic mass is 10.0. The second-order valence-electron chi connectivity index (χ2n) is 5.79. The van der Waals surface area contributed by atoms with Crippen LogP contribution in [0.25, 0.3) is 0 Å². The number of nitriles is 1. The van der Waals surface area contributed by atoms with Gasteiger partial charge in [0, 0.05) is 11.6 Å². The minimum atomic E-state index is -0.0260. The molecule has 1 unspecified atom stereocenters. The van der Waals surface area contributed by atoms with Crippen LogP contribution in [0.3, 0.4) is 0 Å². The number of hydrogen-bond donors (Lipinski definition) is 1. The van der Waals surface area contributed by atoms with E-state index in [0.717, 1.165) is 11.8 Å². The summed E-state index contributed by atoms with van der Waals surface area (Å²) in [6.45, 7) is 2.12. The van der Waals surface area contributed by atoms with Crippen molar-refractivity contribution < 1.29 is 4.79 Å². The molecule has 1 amide bonds. The smallest absolute Gasteiger partial charge is 0.251 e. The Bertz CT molecular complexity index is 519. The second kappa shape index (κ2) is 4.70. The minimum absolute atomic E-state index is 0.0260. The van der Waals surface area contributed by atoms with Gasteiger partial charge in [-0.15, -0.1) is 0 Å². The standard InChI is InChI=1S/C16H18N2O/c1-10(15-13-3-2-4-14(13)15)18-16(19)12-7-5-11(9-17)6-8-12/h5-8,10,13-15H,2-4H2,1H3,(H,18,19)/t10-,13+,14?,15-/m1/s1. The van der Waals surface area contributed by atoms with Gasteiger partial charge in [-0.3, -0.25) is 4.79 Å². The zero-order chi connectivity index (χ0) is 13.4. The molecule has 0 heterocycles. The molecule has 3 nitrogen and oxygen atoms in total. The number of carbonyl (C=O) groups excluding carboxylic acids is 1. The first-order valence-electron chi connectivity index (χ1n) is 7.01. The number of hydrogen-bond acceptors (Lipinski definition) is 2. The lowest BCUT2D eigenvalue weighted by Crippen LogP contribution is -2.35. The minimum Gasteiger partial charge on any atom is -0.349 e. The van der Waals surface area contributed by atoms with E-state index in [1.54, 1.807) is 24.3 Å². The number of benzene rings is 1. The molecule has 0 radical (unpaired) electrons. The Morgan fingerprint density at radius 3 is 2.53 bits per heavy atom. The van der Waals surface area contributed by atoms with Crippen LogP contribution in [0, 0.1) is 29.1 Å². The van der Waals surface area contributed by atoms with E-state index >= 15 is 0 Å². The van der Waals surface area contributed by atoms with Crippen molar-refractivity contribution in [2.24, 2.45) is 17.8 Å². The molecule has 3 heteroatoms. The predicted octanol–water partition coefficient (Wildman–Crippen LogP) is 2.72. The molecule has 3 rings (SSSR count). The van der Waals surface area contributed by atoms with E-state index in [4.69, 9.17) is 5.26 Å². The Hall–Kier alpha value is -1.82. The molecule has 2 aliphatic carbocycles. The van der Waals surface area contributed by atoms with Gasteiger partial charge in [0.1, 0.15) is 0 Å².